The summed E-state index contributed by atoms with van der Waals surface area (Å²) < 4.78 is 10.6. The Bertz CT molecular complexity index is 1220. The fraction of sp³-hybridized carbons (Fsp3) is 0.261. The summed E-state index contributed by atoms with van der Waals surface area (Å²) >= 11 is 0. The van der Waals surface area contributed by atoms with Gasteiger partial charge in [0.1, 0.15) is 17.2 Å². The lowest BCUT2D eigenvalue weighted by atomic mass is 9.91. The van der Waals surface area contributed by atoms with Crippen molar-refractivity contribution in [3.63, 3.8) is 0 Å². The molecule has 0 aliphatic heterocycles. The van der Waals surface area contributed by atoms with Crippen LogP contribution in [0.4, 0.5) is 0 Å². The van der Waals surface area contributed by atoms with Gasteiger partial charge in [-0.3, -0.25) is 4.79 Å². The van der Waals surface area contributed by atoms with Crippen LogP contribution in [0.2, 0.25) is 0 Å². The third kappa shape index (κ3) is 3.01. The highest BCUT2D eigenvalue weighted by molar-refractivity contribution is 5.98. The third-order valence-corrected chi connectivity index (χ3v) is 5.79. The van der Waals surface area contributed by atoms with E-state index in [9.17, 15) is 4.79 Å². The second-order valence-electron chi connectivity index (χ2n) is 7.48. The van der Waals surface area contributed by atoms with E-state index in [1.54, 1.807) is 14.2 Å². The van der Waals surface area contributed by atoms with Gasteiger partial charge in [0, 0.05) is 33.6 Å². The van der Waals surface area contributed by atoms with Crippen molar-refractivity contribution in [1.82, 2.24) is 15.3 Å². The number of aromatic amines is 2. The predicted octanol–water partition coefficient (Wildman–Crippen LogP) is 4.47. The lowest BCUT2D eigenvalue weighted by molar-refractivity contribution is 0.0927. The summed E-state index contributed by atoms with van der Waals surface area (Å²) in [6.45, 7) is 0. The van der Waals surface area contributed by atoms with E-state index in [0.29, 0.717) is 5.69 Å². The van der Waals surface area contributed by atoms with E-state index in [-0.39, 0.29) is 11.9 Å². The quantitative estimate of drug-likeness (QED) is 0.482. The van der Waals surface area contributed by atoms with E-state index in [1.807, 2.05) is 36.4 Å². The van der Waals surface area contributed by atoms with Crippen LogP contribution in [0.25, 0.3) is 21.8 Å². The average molecular weight is 389 g/mol. The highest BCUT2D eigenvalue weighted by Gasteiger charge is 2.26. The summed E-state index contributed by atoms with van der Waals surface area (Å²) in [5.74, 6) is 1.50. The number of methoxy groups -OCH3 is 2. The molecule has 0 bridgehead atoms. The number of aromatic nitrogens is 2. The summed E-state index contributed by atoms with van der Waals surface area (Å²) in [6.07, 6.45) is 2.95. The van der Waals surface area contributed by atoms with Gasteiger partial charge < -0.3 is 24.8 Å². The number of aryl methyl sites for hydroxylation is 1. The number of carbonyl (C=O) groups is 1. The smallest absolute Gasteiger partial charge is 0.268 e. The molecule has 29 heavy (non-hydrogen) atoms. The summed E-state index contributed by atoms with van der Waals surface area (Å²) in [7, 11) is 3.31. The Balaban J connectivity index is 1.45. The van der Waals surface area contributed by atoms with Crippen LogP contribution in [0, 0.1) is 0 Å². The zero-order chi connectivity index (χ0) is 20.0. The van der Waals surface area contributed by atoms with Gasteiger partial charge >= 0.3 is 0 Å². The van der Waals surface area contributed by atoms with Gasteiger partial charge in [0.15, 0.2) is 0 Å². The highest BCUT2D eigenvalue weighted by atomic mass is 16.5. The van der Waals surface area contributed by atoms with Crippen molar-refractivity contribution in [2.24, 2.45) is 0 Å². The van der Waals surface area contributed by atoms with Crippen LogP contribution in [-0.2, 0) is 6.42 Å². The van der Waals surface area contributed by atoms with E-state index in [1.165, 1.54) is 10.9 Å². The minimum absolute atomic E-state index is 0.0365. The van der Waals surface area contributed by atoms with Crippen LogP contribution in [-0.4, -0.2) is 30.1 Å². The molecular formula is C23H23N3O3. The number of benzene rings is 2. The van der Waals surface area contributed by atoms with Gasteiger partial charge in [-0.2, -0.15) is 0 Å². The average Bonchev–Trinajstić information content (AvgIpc) is 3.34. The lowest BCUT2D eigenvalue weighted by Gasteiger charge is -2.23. The van der Waals surface area contributed by atoms with Crippen molar-refractivity contribution in [3.05, 3.63) is 59.4 Å². The van der Waals surface area contributed by atoms with Crippen molar-refractivity contribution < 1.29 is 14.3 Å². The van der Waals surface area contributed by atoms with Crippen molar-refractivity contribution in [2.75, 3.05) is 14.2 Å². The number of ether oxygens (including phenoxy) is 2. The van der Waals surface area contributed by atoms with Gasteiger partial charge in [-0.15, -0.1) is 0 Å². The number of hydrogen-bond acceptors (Lipinski definition) is 3. The van der Waals surface area contributed by atoms with Crippen molar-refractivity contribution in [1.29, 1.82) is 0 Å². The maximum absolute atomic E-state index is 13.0. The predicted molar refractivity (Wildman–Crippen MR) is 113 cm³/mol. The van der Waals surface area contributed by atoms with Gasteiger partial charge in [0.25, 0.3) is 5.91 Å². The van der Waals surface area contributed by atoms with Crippen LogP contribution in [0.1, 0.15) is 40.6 Å². The number of fused-ring (bicyclic) bond motifs is 4. The first-order valence-corrected chi connectivity index (χ1v) is 9.82. The summed E-state index contributed by atoms with van der Waals surface area (Å²) in [5.41, 5.74) is 4.90. The SMILES string of the molecule is COc1ccc2cc(C(=O)N[C@@H]3CCCc4c3[nH]c3ccc(OC)cc43)[nH]c2c1. The molecule has 1 aliphatic carbocycles. The standard InChI is InChI=1S/C23H23N3O3/c1-28-14-8-9-18-17(11-14)16-4-3-5-19(22(16)25-18)26-23(27)21-10-13-6-7-15(29-2)12-20(13)24-21/h6-12,19,24-25H,3-5H2,1-2H3,(H,26,27)/t19-/m1/s1. The second kappa shape index (κ2) is 6.88. The molecule has 2 aromatic carbocycles. The molecule has 4 aromatic rings. The molecule has 1 amide bonds. The minimum atomic E-state index is -0.103. The molecule has 0 radical (unpaired) electrons. The second-order valence-corrected chi connectivity index (χ2v) is 7.48. The molecule has 1 aliphatic rings. The zero-order valence-corrected chi connectivity index (χ0v) is 16.5. The first kappa shape index (κ1) is 17.7. The van der Waals surface area contributed by atoms with E-state index in [4.69, 9.17) is 9.47 Å². The summed E-state index contributed by atoms with van der Waals surface area (Å²) in [4.78, 5) is 19.7. The monoisotopic (exact) mass is 389 g/mol. The summed E-state index contributed by atoms with van der Waals surface area (Å²) in [5, 5.41) is 5.37. The minimum Gasteiger partial charge on any atom is -0.497 e. The fourth-order valence-corrected chi connectivity index (χ4v) is 4.30. The number of carbonyl (C=O) groups excluding carboxylic acids is 1. The number of rotatable bonds is 4. The lowest BCUT2D eigenvalue weighted by Crippen LogP contribution is -2.31. The molecule has 2 aromatic heterocycles. The molecule has 0 spiro atoms. The van der Waals surface area contributed by atoms with E-state index >= 15 is 0 Å². The zero-order valence-electron chi connectivity index (χ0n) is 16.5. The Morgan fingerprint density at radius 1 is 1.00 bits per heavy atom. The normalized spacial score (nSPS) is 16.0. The molecule has 1 atom stereocenters. The fourth-order valence-electron chi connectivity index (χ4n) is 4.30. The molecule has 0 unspecified atom stereocenters. The molecule has 0 saturated heterocycles. The van der Waals surface area contributed by atoms with Crippen LogP contribution in [0.5, 0.6) is 11.5 Å². The van der Waals surface area contributed by atoms with Crippen molar-refractivity contribution in [3.8, 4) is 11.5 Å². The Labute approximate surface area is 168 Å². The molecule has 0 fully saturated rings. The van der Waals surface area contributed by atoms with E-state index < -0.39 is 0 Å². The number of H-pyrrole nitrogens is 2. The maximum atomic E-state index is 13.0. The highest BCUT2D eigenvalue weighted by Crippen LogP contribution is 2.36. The third-order valence-electron chi connectivity index (χ3n) is 5.79. The topological polar surface area (TPSA) is 79.1 Å². The Kier molecular flexibility index (Phi) is 4.19. The number of hydrogen-bond donors (Lipinski definition) is 3. The van der Waals surface area contributed by atoms with Gasteiger partial charge in [0.2, 0.25) is 0 Å². The van der Waals surface area contributed by atoms with Gasteiger partial charge in [0.05, 0.1) is 20.3 Å². The first-order chi connectivity index (χ1) is 14.2. The largest absolute Gasteiger partial charge is 0.497 e. The van der Waals surface area contributed by atoms with Crippen molar-refractivity contribution >= 4 is 27.7 Å². The van der Waals surface area contributed by atoms with Crippen LogP contribution in [0.15, 0.2) is 42.5 Å². The Hall–Kier alpha value is -3.41. The van der Waals surface area contributed by atoms with Crippen molar-refractivity contribution in [2.45, 2.75) is 25.3 Å². The molecule has 6 heteroatoms. The van der Waals surface area contributed by atoms with Gasteiger partial charge in [-0.05, 0) is 61.2 Å². The van der Waals surface area contributed by atoms with Crippen LogP contribution in [0.3, 0.4) is 0 Å². The molecule has 0 saturated carbocycles. The van der Waals surface area contributed by atoms with Gasteiger partial charge in [-0.1, -0.05) is 0 Å². The maximum Gasteiger partial charge on any atom is 0.268 e. The molecular weight excluding hydrogens is 366 g/mol. The van der Waals surface area contributed by atoms with Crippen LogP contribution < -0.4 is 14.8 Å². The van der Waals surface area contributed by atoms with E-state index in [2.05, 4.69) is 21.4 Å². The molecule has 3 N–H and O–H groups in total. The van der Waals surface area contributed by atoms with Gasteiger partial charge in [-0.25, -0.2) is 0 Å². The number of amides is 1. The first-order valence-electron chi connectivity index (χ1n) is 9.82. The van der Waals surface area contributed by atoms with Crippen LogP contribution >= 0.6 is 0 Å². The molecule has 2 heterocycles. The summed E-state index contributed by atoms with van der Waals surface area (Å²) in [6, 6.07) is 13.6. The molecule has 148 valence electrons. The molecule has 6 nitrogen and oxygen atoms in total. The van der Waals surface area contributed by atoms with E-state index in [0.717, 1.165) is 52.9 Å². The Morgan fingerprint density at radius 2 is 1.79 bits per heavy atom. The number of nitrogens with one attached hydrogen (secondary N) is 3. The molecule has 5 rings (SSSR count). The Morgan fingerprint density at radius 3 is 2.62 bits per heavy atom.